The van der Waals surface area contributed by atoms with Crippen LogP contribution in [0.15, 0.2) is 35.5 Å². The van der Waals surface area contributed by atoms with Crippen molar-refractivity contribution in [3.8, 4) is 5.69 Å². The maximum atomic E-state index is 12.3. The molecule has 1 heterocycles. The Labute approximate surface area is 120 Å². The third-order valence-electron chi connectivity index (χ3n) is 3.03. The summed E-state index contributed by atoms with van der Waals surface area (Å²) in [6.07, 6.45) is 1.38. The van der Waals surface area contributed by atoms with Crippen molar-refractivity contribution in [1.82, 2.24) is 24.5 Å². The van der Waals surface area contributed by atoms with Gasteiger partial charge >= 0.3 is 5.97 Å². The van der Waals surface area contributed by atoms with Gasteiger partial charge in [-0.1, -0.05) is 0 Å². The normalized spacial score (nSPS) is 13.3. The smallest absolute Gasteiger partial charge is 0.321 e. The molecular weight excluding hydrogens is 298 g/mol. The summed E-state index contributed by atoms with van der Waals surface area (Å²) in [7, 11) is -2.65. The zero-order chi connectivity index (χ0) is 15.6. The molecule has 0 aliphatic carbocycles. The van der Waals surface area contributed by atoms with E-state index in [1.54, 1.807) is 0 Å². The van der Waals surface area contributed by atoms with Crippen molar-refractivity contribution in [2.45, 2.75) is 17.9 Å². The van der Waals surface area contributed by atoms with Gasteiger partial charge < -0.3 is 5.11 Å². The molecule has 0 radical (unpaired) electrons. The van der Waals surface area contributed by atoms with Gasteiger partial charge in [-0.2, -0.15) is 4.31 Å². The highest BCUT2D eigenvalue weighted by Gasteiger charge is 2.29. The summed E-state index contributed by atoms with van der Waals surface area (Å²) in [6, 6.07) is 4.65. The van der Waals surface area contributed by atoms with Gasteiger partial charge in [-0.05, 0) is 41.6 Å². The van der Waals surface area contributed by atoms with Gasteiger partial charge in [0.15, 0.2) is 0 Å². The number of likely N-dealkylation sites (N-methyl/N-ethyl adjacent to an activating group) is 1. The van der Waals surface area contributed by atoms with Crippen LogP contribution in [0.4, 0.5) is 0 Å². The van der Waals surface area contributed by atoms with Crippen LogP contribution in [-0.2, 0) is 14.8 Å². The summed E-state index contributed by atoms with van der Waals surface area (Å²) in [4.78, 5) is 10.9. The molecule has 0 bridgehead atoms. The van der Waals surface area contributed by atoms with E-state index in [2.05, 4.69) is 15.5 Å². The molecule has 0 aliphatic rings. The van der Waals surface area contributed by atoms with Crippen LogP contribution in [0.25, 0.3) is 5.69 Å². The number of rotatable bonds is 5. The lowest BCUT2D eigenvalue weighted by Gasteiger charge is -2.21. The first kappa shape index (κ1) is 15.1. The number of aliphatic carboxylic acids is 1. The van der Waals surface area contributed by atoms with Gasteiger partial charge in [0, 0.05) is 7.05 Å². The summed E-state index contributed by atoms with van der Waals surface area (Å²) >= 11 is 0. The van der Waals surface area contributed by atoms with E-state index in [1.165, 1.54) is 49.2 Å². The minimum absolute atomic E-state index is 0.00470. The van der Waals surface area contributed by atoms with E-state index in [4.69, 9.17) is 5.11 Å². The number of sulfonamides is 1. The fraction of sp³-hybridized carbons (Fsp3) is 0.273. The molecule has 1 N–H and O–H groups in total. The fourth-order valence-corrected chi connectivity index (χ4v) is 2.90. The predicted octanol–water partition coefficient (Wildman–Crippen LogP) is -0.244. The quantitative estimate of drug-likeness (QED) is 0.809. The molecule has 1 aromatic heterocycles. The van der Waals surface area contributed by atoms with Crippen molar-refractivity contribution in [3.05, 3.63) is 30.6 Å². The average molecular weight is 311 g/mol. The molecule has 0 fully saturated rings. The third-order valence-corrected chi connectivity index (χ3v) is 4.97. The summed E-state index contributed by atoms with van der Waals surface area (Å²) < 4.78 is 26.8. The Balaban J connectivity index is 2.31. The van der Waals surface area contributed by atoms with Gasteiger partial charge in [0.05, 0.1) is 10.6 Å². The monoisotopic (exact) mass is 311 g/mol. The van der Waals surface area contributed by atoms with Crippen molar-refractivity contribution >= 4 is 16.0 Å². The fourth-order valence-electron chi connectivity index (χ4n) is 1.58. The summed E-state index contributed by atoms with van der Waals surface area (Å²) in [5.74, 6) is -1.22. The number of benzene rings is 1. The zero-order valence-electron chi connectivity index (χ0n) is 11.3. The zero-order valence-corrected chi connectivity index (χ0v) is 12.1. The van der Waals surface area contributed by atoms with Crippen LogP contribution in [0, 0.1) is 0 Å². The minimum Gasteiger partial charge on any atom is -0.480 e. The van der Waals surface area contributed by atoms with E-state index in [0.29, 0.717) is 5.69 Å². The number of aromatic nitrogens is 4. The highest BCUT2D eigenvalue weighted by atomic mass is 32.2. The molecule has 0 saturated carbocycles. The Hall–Kier alpha value is -2.33. The molecule has 10 heteroatoms. The molecule has 2 rings (SSSR count). The number of carboxylic acid groups (broad SMARTS) is 1. The van der Waals surface area contributed by atoms with Crippen LogP contribution in [0.3, 0.4) is 0 Å². The second kappa shape index (κ2) is 5.58. The van der Waals surface area contributed by atoms with E-state index in [9.17, 15) is 13.2 Å². The van der Waals surface area contributed by atoms with Crippen molar-refractivity contribution in [3.63, 3.8) is 0 Å². The Kier molecular flexibility index (Phi) is 4.00. The third kappa shape index (κ3) is 2.90. The van der Waals surface area contributed by atoms with Crippen molar-refractivity contribution < 1.29 is 18.3 Å². The van der Waals surface area contributed by atoms with Gasteiger partial charge in [-0.25, -0.2) is 13.1 Å². The highest BCUT2D eigenvalue weighted by Crippen LogP contribution is 2.18. The number of hydrogen-bond donors (Lipinski definition) is 1. The van der Waals surface area contributed by atoms with E-state index >= 15 is 0 Å². The van der Waals surface area contributed by atoms with Gasteiger partial charge in [0.1, 0.15) is 12.4 Å². The molecular formula is C11H13N5O4S. The second-order valence-electron chi connectivity index (χ2n) is 4.28. The Morgan fingerprint density at radius 1 is 1.33 bits per heavy atom. The number of nitrogens with zero attached hydrogens (tertiary/aromatic N) is 5. The standard InChI is InChI=1S/C11H13N5O4S/c1-8(11(17)18)15(2)21(19,20)10-5-3-9(4-6-10)16-7-12-13-14-16/h3-8H,1-2H3,(H,17,18). The maximum absolute atomic E-state index is 12.3. The first-order valence-corrected chi connectivity index (χ1v) is 7.32. The molecule has 2 aromatic rings. The maximum Gasteiger partial charge on any atom is 0.321 e. The number of carbonyl (C=O) groups is 1. The first-order chi connectivity index (χ1) is 9.84. The van der Waals surface area contributed by atoms with E-state index in [0.717, 1.165) is 4.31 Å². The molecule has 0 amide bonds. The molecule has 0 aliphatic heterocycles. The second-order valence-corrected chi connectivity index (χ2v) is 6.28. The van der Waals surface area contributed by atoms with Crippen LogP contribution in [0.2, 0.25) is 0 Å². The van der Waals surface area contributed by atoms with Gasteiger partial charge in [-0.3, -0.25) is 4.79 Å². The summed E-state index contributed by atoms with van der Waals surface area (Å²) in [5.41, 5.74) is 0.591. The SMILES string of the molecule is CC(C(=O)O)N(C)S(=O)(=O)c1ccc(-n2cnnn2)cc1. The van der Waals surface area contributed by atoms with Crippen LogP contribution < -0.4 is 0 Å². The molecule has 1 atom stereocenters. The van der Waals surface area contributed by atoms with Crippen LogP contribution in [0.5, 0.6) is 0 Å². The average Bonchev–Trinajstić information content (AvgIpc) is 2.99. The molecule has 21 heavy (non-hydrogen) atoms. The van der Waals surface area contributed by atoms with Gasteiger partial charge in [0.2, 0.25) is 10.0 Å². The number of carboxylic acids is 1. The van der Waals surface area contributed by atoms with Crippen LogP contribution in [-0.4, -0.2) is 57.1 Å². The largest absolute Gasteiger partial charge is 0.480 e. The van der Waals surface area contributed by atoms with Crippen LogP contribution >= 0.6 is 0 Å². The van der Waals surface area contributed by atoms with Crippen LogP contribution in [0.1, 0.15) is 6.92 Å². The van der Waals surface area contributed by atoms with E-state index < -0.39 is 22.0 Å². The topological polar surface area (TPSA) is 118 Å². The van der Waals surface area contributed by atoms with Crippen molar-refractivity contribution in [2.24, 2.45) is 0 Å². The lowest BCUT2D eigenvalue weighted by atomic mass is 10.3. The minimum atomic E-state index is -3.88. The van der Waals surface area contributed by atoms with Crippen molar-refractivity contribution in [2.75, 3.05) is 7.05 Å². The molecule has 1 unspecified atom stereocenters. The number of hydrogen-bond acceptors (Lipinski definition) is 6. The van der Waals surface area contributed by atoms with Gasteiger partial charge in [-0.15, -0.1) is 5.10 Å². The predicted molar refractivity (Wildman–Crippen MR) is 71.2 cm³/mol. The lowest BCUT2D eigenvalue weighted by molar-refractivity contribution is -0.140. The summed E-state index contributed by atoms with van der Waals surface area (Å²) in [5, 5.41) is 19.5. The number of tetrazole rings is 1. The van der Waals surface area contributed by atoms with Gasteiger partial charge in [0.25, 0.3) is 0 Å². The molecule has 112 valence electrons. The molecule has 0 spiro atoms. The van der Waals surface area contributed by atoms with E-state index in [-0.39, 0.29) is 4.90 Å². The molecule has 0 saturated heterocycles. The summed E-state index contributed by atoms with van der Waals surface area (Å²) in [6.45, 7) is 1.30. The molecule has 1 aromatic carbocycles. The van der Waals surface area contributed by atoms with Crippen molar-refractivity contribution in [1.29, 1.82) is 0 Å². The molecule has 9 nitrogen and oxygen atoms in total. The lowest BCUT2D eigenvalue weighted by Crippen LogP contribution is -2.40. The Bertz CT molecular complexity index is 726. The Morgan fingerprint density at radius 3 is 2.43 bits per heavy atom. The Morgan fingerprint density at radius 2 is 1.95 bits per heavy atom. The first-order valence-electron chi connectivity index (χ1n) is 5.88. The highest BCUT2D eigenvalue weighted by molar-refractivity contribution is 7.89. The van der Waals surface area contributed by atoms with E-state index in [1.807, 2.05) is 0 Å².